The van der Waals surface area contributed by atoms with Crippen LogP contribution in [-0.4, -0.2) is 4.98 Å². The van der Waals surface area contributed by atoms with Crippen LogP contribution in [0, 0.1) is 6.92 Å². The van der Waals surface area contributed by atoms with Gasteiger partial charge in [0.25, 0.3) is 0 Å². The van der Waals surface area contributed by atoms with Crippen LogP contribution in [0.25, 0.3) is 17.2 Å². The van der Waals surface area contributed by atoms with Crippen molar-refractivity contribution in [2.75, 3.05) is 0 Å². The molecule has 1 heterocycles. The van der Waals surface area contributed by atoms with Crippen LogP contribution < -0.4 is 0 Å². The van der Waals surface area contributed by atoms with Crippen LogP contribution in [-0.2, 0) is 0 Å². The second-order valence-electron chi connectivity index (χ2n) is 3.51. The van der Waals surface area contributed by atoms with Crippen LogP contribution in [0.5, 0.6) is 0 Å². The molecule has 0 spiro atoms. The Bertz CT molecular complexity index is 469. The van der Waals surface area contributed by atoms with Crippen LogP contribution in [0.2, 0.25) is 0 Å². The molecule has 0 atom stereocenters. The molecule has 0 fully saturated rings. The average molecular weight is 195 g/mol. The zero-order valence-electron chi connectivity index (χ0n) is 8.77. The molecule has 1 aromatic carbocycles. The van der Waals surface area contributed by atoms with Gasteiger partial charge in [-0.15, -0.1) is 0 Å². The number of benzene rings is 1. The second-order valence-corrected chi connectivity index (χ2v) is 3.51. The van der Waals surface area contributed by atoms with Crippen LogP contribution in [0.15, 0.2) is 49.2 Å². The third-order valence-electron chi connectivity index (χ3n) is 2.38. The number of aryl methyl sites for hydroxylation is 1. The number of hydrogen-bond donors (Lipinski definition) is 0. The van der Waals surface area contributed by atoms with Crippen LogP contribution >= 0.6 is 0 Å². The third kappa shape index (κ3) is 2.13. The molecule has 1 nitrogen and oxygen atoms in total. The number of pyridine rings is 1. The normalized spacial score (nSPS) is 9.93. The quantitative estimate of drug-likeness (QED) is 0.712. The Morgan fingerprint density at radius 1 is 1.07 bits per heavy atom. The number of rotatable bonds is 2. The smallest absolute Gasteiger partial charge is 0.0378 e. The SMILES string of the molecule is C=Cc1ccc(-c2ccnc(C)c2)cc1. The zero-order chi connectivity index (χ0) is 10.7. The molecule has 74 valence electrons. The van der Waals surface area contributed by atoms with E-state index in [9.17, 15) is 0 Å². The van der Waals surface area contributed by atoms with Gasteiger partial charge in [0.2, 0.25) is 0 Å². The number of nitrogens with zero attached hydrogens (tertiary/aromatic N) is 1. The van der Waals surface area contributed by atoms with E-state index in [2.05, 4.69) is 41.9 Å². The molecule has 2 aromatic rings. The molecular formula is C14H13N. The molecule has 0 saturated heterocycles. The van der Waals surface area contributed by atoms with Crippen LogP contribution in [0.4, 0.5) is 0 Å². The first-order valence-electron chi connectivity index (χ1n) is 4.95. The Labute approximate surface area is 90.1 Å². The van der Waals surface area contributed by atoms with E-state index in [-0.39, 0.29) is 0 Å². The van der Waals surface area contributed by atoms with Crippen molar-refractivity contribution in [2.45, 2.75) is 6.92 Å². The summed E-state index contributed by atoms with van der Waals surface area (Å²) < 4.78 is 0. The van der Waals surface area contributed by atoms with E-state index >= 15 is 0 Å². The minimum atomic E-state index is 1.04. The lowest BCUT2D eigenvalue weighted by molar-refractivity contribution is 1.20. The molecule has 0 unspecified atom stereocenters. The Kier molecular flexibility index (Phi) is 2.64. The summed E-state index contributed by atoms with van der Waals surface area (Å²) in [5.41, 5.74) is 4.61. The molecule has 0 amide bonds. The fourth-order valence-corrected chi connectivity index (χ4v) is 1.54. The van der Waals surface area contributed by atoms with Crippen molar-refractivity contribution in [3.05, 3.63) is 60.4 Å². The minimum Gasteiger partial charge on any atom is -0.262 e. The average Bonchev–Trinajstić information content (AvgIpc) is 2.29. The van der Waals surface area contributed by atoms with Crippen molar-refractivity contribution in [1.82, 2.24) is 4.98 Å². The van der Waals surface area contributed by atoms with E-state index in [4.69, 9.17) is 0 Å². The van der Waals surface area contributed by atoms with Crippen LogP contribution in [0.1, 0.15) is 11.3 Å². The van der Waals surface area contributed by atoms with Crippen LogP contribution in [0.3, 0.4) is 0 Å². The molecule has 0 radical (unpaired) electrons. The fourth-order valence-electron chi connectivity index (χ4n) is 1.54. The topological polar surface area (TPSA) is 12.9 Å². The standard InChI is InChI=1S/C14H13N/c1-3-12-4-6-13(7-5-12)14-8-9-15-11(2)10-14/h3-10H,1H2,2H3. The maximum atomic E-state index is 4.18. The lowest BCUT2D eigenvalue weighted by atomic mass is 10.0. The monoisotopic (exact) mass is 195 g/mol. The van der Waals surface area contributed by atoms with Gasteiger partial charge in [0.05, 0.1) is 0 Å². The van der Waals surface area contributed by atoms with E-state index in [0.717, 1.165) is 11.3 Å². The molecule has 0 aliphatic carbocycles. The van der Waals surface area contributed by atoms with Gasteiger partial charge in [-0.05, 0) is 35.7 Å². The molecule has 1 heteroatoms. The predicted molar refractivity (Wildman–Crippen MR) is 64.5 cm³/mol. The van der Waals surface area contributed by atoms with Crippen molar-refractivity contribution < 1.29 is 0 Å². The van der Waals surface area contributed by atoms with Crippen molar-refractivity contribution in [3.8, 4) is 11.1 Å². The van der Waals surface area contributed by atoms with Gasteiger partial charge in [-0.2, -0.15) is 0 Å². The maximum absolute atomic E-state index is 4.18. The van der Waals surface area contributed by atoms with E-state index in [0.29, 0.717) is 0 Å². The second kappa shape index (κ2) is 4.09. The fraction of sp³-hybridized carbons (Fsp3) is 0.0714. The first kappa shape index (κ1) is 9.66. The zero-order valence-corrected chi connectivity index (χ0v) is 8.77. The highest BCUT2D eigenvalue weighted by molar-refractivity contribution is 5.65. The van der Waals surface area contributed by atoms with Crippen molar-refractivity contribution >= 4 is 6.08 Å². The Morgan fingerprint density at radius 2 is 1.80 bits per heavy atom. The third-order valence-corrected chi connectivity index (χ3v) is 2.38. The summed E-state index contributed by atoms with van der Waals surface area (Å²) in [7, 11) is 0. The summed E-state index contributed by atoms with van der Waals surface area (Å²) in [6, 6.07) is 12.5. The summed E-state index contributed by atoms with van der Waals surface area (Å²) in [5.74, 6) is 0. The van der Waals surface area contributed by atoms with E-state index in [1.807, 2.05) is 25.3 Å². The molecule has 15 heavy (non-hydrogen) atoms. The van der Waals surface area contributed by atoms with E-state index in [1.54, 1.807) is 0 Å². The van der Waals surface area contributed by atoms with E-state index < -0.39 is 0 Å². The Balaban J connectivity index is 2.41. The lowest BCUT2D eigenvalue weighted by Crippen LogP contribution is -1.82. The number of hydrogen-bond acceptors (Lipinski definition) is 1. The first-order valence-corrected chi connectivity index (χ1v) is 4.95. The molecule has 0 aliphatic heterocycles. The summed E-state index contributed by atoms with van der Waals surface area (Å²) in [6.45, 7) is 5.74. The van der Waals surface area contributed by atoms with Gasteiger partial charge < -0.3 is 0 Å². The van der Waals surface area contributed by atoms with Crippen molar-refractivity contribution in [2.24, 2.45) is 0 Å². The summed E-state index contributed by atoms with van der Waals surface area (Å²) in [4.78, 5) is 4.18. The first-order chi connectivity index (χ1) is 7.29. The molecule has 2 rings (SSSR count). The van der Waals surface area contributed by atoms with Gasteiger partial charge in [0.15, 0.2) is 0 Å². The van der Waals surface area contributed by atoms with Gasteiger partial charge in [0, 0.05) is 11.9 Å². The minimum absolute atomic E-state index is 1.04. The van der Waals surface area contributed by atoms with Gasteiger partial charge in [-0.3, -0.25) is 4.98 Å². The largest absolute Gasteiger partial charge is 0.262 e. The van der Waals surface area contributed by atoms with Gasteiger partial charge in [-0.1, -0.05) is 36.9 Å². The highest BCUT2D eigenvalue weighted by Crippen LogP contribution is 2.19. The highest BCUT2D eigenvalue weighted by Gasteiger charge is 1.97. The molecule has 0 saturated carbocycles. The Hall–Kier alpha value is -1.89. The van der Waals surface area contributed by atoms with Gasteiger partial charge in [-0.25, -0.2) is 0 Å². The van der Waals surface area contributed by atoms with Crippen molar-refractivity contribution in [1.29, 1.82) is 0 Å². The van der Waals surface area contributed by atoms with E-state index in [1.165, 1.54) is 11.1 Å². The van der Waals surface area contributed by atoms with Gasteiger partial charge in [0.1, 0.15) is 0 Å². The molecule has 0 bridgehead atoms. The molecule has 0 N–H and O–H groups in total. The number of aromatic nitrogens is 1. The predicted octanol–water partition coefficient (Wildman–Crippen LogP) is 3.70. The molecule has 1 aromatic heterocycles. The highest BCUT2D eigenvalue weighted by atomic mass is 14.6. The summed E-state index contributed by atoms with van der Waals surface area (Å²) >= 11 is 0. The molecule has 0 aliphatic rings. The maximum Gasteiger partial charge on any atom is 0.0378 e. The van der Waals surface area contributed by atoms with Gasteiger partial charge >= 0.3 is 0 Å². The summed E-state index contributed by atoms with van der Waals surface area (Å²) in [5, 5.41) is 0. The van der Waals surface area contributed by atoms with Crippen molar-refractivity contribution in [3.63, 3.8) is 0 Å². The summed E-state index contributed by atoms with van der Waals surface area (Å²) in [6.07, 6.45) is 3.69. The molecular weight excluding hydrogens is 182 g/mol. The lowest BCUT2D eigenvalue weighted by Gasteiger charge is -2.02. The Morgan fingerprint density at radius 3 is 2.40 bits per heavy atom.